The lowest BCUT2D eigenvalue weighted by Crippen LogP contribution is -1.76. The van der Waals surface area contributed by atoms with Crippen LogP contribution in [0, 0.1) is 0 Å². The predicted molar refractivity (Wildman–Crippen MR) is 61.1 cm³/mol. The van der Waals surface area contributed by atoms with E-state index in [-0.39, 0.29) is 0 Å². The second-order valence-corrected chi connectivity index (χ2v) is 3.79. The van der Waals surface area contributed by atoms with E-state index in [1.807, 2.05) is 0 Å². The number of halogens is 1. The van der Waals surface area contributed by atoms with Gasteiger partial charge in [0.1, 0.15) is 0 Å². The van der Waals surface area contributed by atoms with Crippen molar-refractivity contribution in [3.63, 3.8) is 0 Å². The number of thioether (sulfide) groups is 1. The largest absolute Gasteiger partial charge is 0.129 e. The van der Waals surface area contributed by atoms with E-state index in [0.29, 0.717) is 0 Å². The van der Waals surface area contributed by atoms with Gasteiger partial charge in [-0.1, -0.05) is 46.3 Å². The molecule has 0 aliphatic heterocycles. The van der Waals surface area contributed by atoms with Gasteiger partial charge in [-0.3, -0.25) is 0 Å². The Morgan fingerprint density at radius 1 is 1.42 bits per heavy atom. The highest BCUT2D eigenvalue weighted by Gasteiger charge is 1.93. The van der Waals surface area contributed by atoms with Gasteiger partial charge in [0.2, 0.25) is 0 Å². The third-order valence-electron chi connectivity index (χ3n) is 1.53. The quantitative estimate of drug-likeness (QED) is 0.574. The van der Waals surface area contributed by atoms with Crippen molar-refractivity contribution in [2.75, 3.05) is 11.6 Å². The molecule has 0 heterocycles. The van der Waals surface area contributed by atoms with E-state index in [2.05, 4.69) is 58.6 Å². The molecule has 0 saturated carbocycles. The number of allylic oxidation sites excluding steroid dienone is 1. The summed E-state index contributed by atoms with van der Waals surface area (Å²) in [6.07, 6.45) is 6.34. The Balaban J connectivity index is 2.89. The van der Waals surface area contributed by atoms with Crippen LogP contribution in [0.3, 0.4) is 0 Å². The zero-order valence-corrected chi connectivity index (χ0v) is 9.36. The van der Waals surface area contributed by atoms with E-state index in [0.717, 1.165) is 5.33 Å². The van der Waals surface area contributed by atoms with Crippen molar-refractivity contribution >= 4 is 33.8 Å². The molecule has 0 bridgehead atoms. The molecule has 0 fully saturated rings. The number of hydrogen-bond acceptors (Lipinski definition) is 1. The Kier molecular flexibility index (Phi) is 4.48. The normalized spacial score (nSPS) is 10.8. The molecule has 0 aliphatic carbocycles. The fourth-order valence-electron chi connectivity index (χ4n) is 0.976. The molecule has 1 rings (SSSR count). The van der Waals surface area contributed by atoms with Gasteiger partial charge >= 0.3 is 0 Å². The molecule has 0 atom stereocenters. The van der Waals surface area contributed by atoms with Gasteiger partial charge in [-0.15, -0.1) is 11.8 Å². The summed E-state index contributed by atoms with van der Waals surface area (Å²) in [4.78, 5) is 1.33. The minimum Gasteiger partial charge on any atom is -0.129 e. The molecule has 1 aromatic carbocycles. The number of hydrogen-bond donors (Lipinski definition) is 0. The number of alkyl halides is 1. The highest BCUT2D eigenvalue weighted by Crippen LogP contribution is 2.20. The Hall–Kier alpha value is -0.210. The molecular weight excluding hydrogens is 232 g/mol. The third-order valence-corrected chi connectivity index (χ3v) is 2.71. The first-order valence-corrected chi connectivity index (χ1v) is 6.08. The maximum atomic E-state index is 3.36. The van der Waals surface area contributed by atoms with Crippen LogP contribution in [-0.2, 0) is 0 Å². The summed E-state index contributed by atoms with van der Waals surface area (Å²) in [6.45, 7) is 0. The summed E-state index contributed by atoms with van der Waals surface area (Å²) >= 11 is 5.14. The van der Waals surface area contributed by atoms with Crippen molar-refractivity contribution in [3.05, 3.63) is 35.9 Å². The van der Waals surface area contributed by atoms with E-state index in [4.69, 9.17) is 0 Å². The van der Waals surface area contributed by atoms with E-state index in [1.54, 1.807) is 11.8 Å². The van der Waals surface area contributed by atoms with Crippen molar-refractivity contribution in [2.24, 2.45) is 0 Å². The summed E-state index contributed by atoms with van der Waals surface area (Å²) < 4.78 is 0. The molecular formula is C10H11BrS. The Bertz CT molecular complexity index is 268. The molecule has 0 saturated heterocycles. The topological polar surface area (TPSA) is 0 Å². The zero-order chi connectivity index (χ0) is 8.81. The van der Waals surface area contributed by atoms with Gasteiger partial charge in [0, 0.05) is 10.2 Å². The fourth-order valence-corrected chi connectivity index (χ4v) is 1.75. The van der Waals surface area contributed by atoms with Crippen LogP contribution >= 0.6 is 27.7 Å². The van der Waals surface area contributed by atoms with Crippen molar-refractivity contribution < 1.29 is 0 Å². The Morgan fingerprint density at radius 2 is 2.17 bits per heavy atom. The molecule has 1 aromatic rings. The SMILES string of the molecule is CSc1ccccc1C=CCBr. The van der Waals surface area contributed by atoms with E-state index in [9.17, 15) is 0 Å². The predicted octanol–water partition coefficient (Wildman–Crippen LogP) is 3.82. The van der Waals surface area contributed by atoms with Crippen LogP contribution in [0.2, 0.25) is 0 Å². The first-order valence-electron chi connectivity index (χ1n) is 3.74. The summed E-state index contributed by atoms with van der Waals surface area (Å²) in [6, 6.07) is 8.40. The lowest BCUT2D eigenvalue weighted by molar-refractivity contribution is 1.43. The van der Waals surface area contributed by atoms with Gasteiger partial charge < -0.3 is 0 Å². The minimum absolute atomic E-state index is 0.912. The standard InChI is InChI=1S/C10H11BrS/c1-12-10-7-3-2-5-9(10)6-4-8-11/h2-7H,8H2,1H3. The third kappa shape index (κ3) is 2.68. The molecule has 0 N–H and O–H groups in total. The summed E-state index contributed by atoms with van der Waals surface area (Å²) in [5, 5.41) is 0.912. The average Bonchev–Trinajstić information content (AvgIpc) is 2.15. The van der Waals surface area contributed by atoms with Crippen LogP contribution in [0.4, 0.5) is 0 Å². The maximum Gasteiger partial charge on any atom is 0.0215 e. The van der Waals surface area contributed by atoms with Crippen molar-refractivity contribution in [1.82, 2.24) is 0 Å². The minimum atomic E-state index is 0.912. The van der Waals surface area contributed by atoms with Crippen LogP contribution in [0.15, 0.2) is 35.2 Å². The lowest BCUT2D eigenvalue weighted by Gasteiger charge is -2.00. The molecule has 0 aromatic heterocycles. The van der Waals surface area contributed by atoms with Gasteiger partial charge in [-0.05, 0) is 17.9 Å². The summed E-state index contributed by atoms with van der Waals surface area (Å²) in [7, 11) is 0. The number of benzene rings is 1. The Morgan fingerprint density at radius 3 is 2.83 bits per heavy atom. The smallest absolute Gasteiger partial charge is 0.0215 e. The molecule has 0 amide bonds. The van der Waals surface area contributed by atoms with Crippen molar-refractivity contribution in [2.45, 2.75) is 4.90 Å². The average molecular weight is 243 g/mol. The molecule has 64 valence electrons. The van der Waals surface area contributed by atoms with Crippen LogP contribution in [0.5, 0.6) is 0 Å². The highest BCUT2D eigenvalue weighted by atomic mass is 79.9. The molecule has 0 radical (unpaired) electrons. The highest BCUT2D eigenvalue weighted by molar-refractivity contribution is 9.09. The van der Waals surface area contributed by atoms with Crippen molar-refractivity contribution in [3.8, 4) is 0 Å². The molecule has 0 nitrogen and oxygen atoms in total. The second kappa shape index (κ2) is 5.44. The van der Waals surface area contributed by atoms with Crippen LogP contribution in [-0.4, -0.2) is 11.6 Å². The van der Waals surface area contributed by atoms with E-state index >= 15 is 0 Å². The van der Waals surface area contributed by atoms with Crippen LogP contribution in [0.1, 0.15) is 5.56 Å². The molecule has 0 spiro atoms. The first kappa shape index (κ1) is 9.87. The van der Waals surface area contributed by atoms with Gasteiger partial charge in [-0.25, -0.2) is 0 Å². The molecule has 0 unspecified atom stereocenters. The summed E-state index contributed by atoms with van der Waals surface area (Å²) in [5.74, 6) is 0. The van der Waals surface area contributed by atoms with Gasteiger partial charge in [-0.2, -0.15) is 0 Å². The van der Waals surface area contributed by atoms with Crippen LogP contribution in [0.25, 0.3) is 6.08 Å². The summed E-state index contributed by atoms with van der Waals surface area (Å²) in [5.41, 5.74) is 1.30. The van der Waals surface area contributed by atoms with E-state index < -0.39 is 0 Å². The number of rotatable bonds is 3. The van der Waals surface area contributed by atoms with Crippen molar-refractivity contribution in [1.29, 1.82) is 0 Å². The van der Waals surface area contributed by atoms with Gasteiger partial charge in [0.25, 0.3) is 0 Å². The van der Waals surface area contributed by atoms with E-state index in [1.165, 1.54) is 10.5 Å². The second-order valence-electron chi connectivity index (χ2n) is 2.30. The maximum absolute atomic E-state index is 3.36. The molecule has 12 heavy (non-hydrogen) atoms. The molecule has 0 aliphatic rings. The zero-order valence-electron chi connectivity index (χ0n) is 6.96. The Labute approximate surface area is 86.2 Å². The van der Waals surface area contributed by atoms with Crippen LogP contribution < -0.4 is 0 Å². The van der Waals surface area contributed by atoms with Gasteiger partial charge in [0.15, 0.2) is 0 Å². The first-order chi connectivity index (χ1) is 5.88. The fraction of sp³-hybridized carbons (Fsp3) is 0.200. The monoisotopic (exact) mass is 242 g/mol. The molecule has 2 heteroatoms. The van der Waals surface area contributed by atoms with Gasteiger partial charge in [0.05, 0.1) is 0 Å². The lowest BCUT2D eigenvalue weighted by atomic mass is 10.2.